The second kappa shape index (κ2) is 5.69. The van der Waals surface area contributed by atoms with Gasteiger partial charge in [-0.2, -0.15) is 0 Å². The fourth-order valence-electron chi connectivity index (χ4n) is 3.19. The summed E-state index contributed by atoms with van der Waals surface area (Å²) in [5.41, 5.74) is 3.80. The van der Waals surface area contributed by atoms with Gasteiger partial charge >= 0.3 is 0 Å². The van der Waals surface area contributed by atoms with Crippen LogP contribution in [0.4, 0.5) is 11.4 Å². The van der Waals surface area contributed by atoms with E-state index in [2.05, 4.69) is 15.1 Å². The second-order valence-corrected chi connectivity index (χ2v) is 5.89. The van der Waals surface area contributed by atoms with Crippen molar-refractivity contribution in [1.29, 1.82) is 0 Å². The number of benzene rings is 2. The molecule has 0 atom stereocenters. The van der Waals surface area contributed by atoms with Gasteiger partial charge in [0.1, 0.15) is 18.5 Å². The third-order valence-electron chi connectivity index (χ3n) is 4.33. The summed E-state index contributed by atoms with van der Waals surface area (Å²) >= 11 is 0. The molecule has 4 rings (SSSR count). The minimum Gasteiger partial charge on any atom is -0.494 e. The van der Waals surface area contributed by atoms with Gasteiger partial charge in [0.25, 0.3) is 5.69 Å². The first-order valence-corrected chi connectivity index (χ1v) is 7.81. The molecule has 8 nitrogen and oxygen atoms in total. The number of aryl methyl sites for hydroxylation is 1. The molecule has 0 radical (unpaired) electrons. The third kappa shape index (κ3) is 2.23. The van der Waals surface area contributed by atoms with Crippen molar-refractivity contribution < 1.29 is 14.9 Å². The zero-order chi connectivity index (χ0) is 18.4. The number of H-pyrrole nitrogens is 1. The van der Waals surface area contributed by atoms with E-state index in [1.807, 2.05) is 24.3 Å². The number of hydrogen-bond acceptors (Lipinski definition) is 6. The molecular formula is C18H14N4O4. The highest BCUT2D eigenvalue weighted by Crippen LogP contribution is 2.37. The Bertz CT molecular complexity index is 1130. The number of aromatic hydroxyl groups is 1. The molecule has 0 unspecified atom stereocenters. The third-order valence-corrected chi connectivity index (χ3v) is 4.33. The number of aliphatic imine (C=N–C) groups is 1. The summed E-state index contributed by atoms with van der Waals surface area (Å²) < 4.78 is 0. The lowest BCUT2D eigenvalue weighted by atomic mass is 10.00. The number of para-hydroxylation sites is 1. The SMILES string of the molecule is CO/N=C1/C(c2c(O)[nH]c3cc([N+](=O)[O-])c(C)cc23)=Nc2ccccc21. The number of rotatable bonds is 3. The van der Waals surface area contributed by atoms with E-state index < -0.39 is 4.92 Å². The maximum Gasteiger partial charge on any atom is 0.274 e. The number of fused-ring (bicyclic) bond motifs is 2. The molecule has 130 valence electrons. The lowest BCUT2D eigenvalue weighted by Crippen LogP contribution is -2.13. The predicted molar refractivity (Wildman–Crippen MR) is 97.5 cm³/mol. The number of aromatic nitrogens is 1. The topological polar surface area (TPSA) is 113 Å². The van der Waals surface area contributed by atoms with Crippen LogP contribution in [-0.4, -0.2) is 33.5 Å². The summed E-state index contributed by atoms with van der Waals surface area (Å²) in [5.74, 6) is -0.129. The van der Waals surface area contributed by atoms with E-state index in [4.69, 9.17) is 4.84 Å². The van der Waals surface area contributed by atoms with Crippen LogP contribution in [0.5, 0.6) is 5.88 Å². The van der Waals surface area contributed by atoms with Crippen LogP contribution in [-0.2, 0) is 4.84 Å². The number of hydrogen-bond donors (Lipinski definition) is 2. The summed E-state index contributed by atoms with van der Waals surface area (Å²) in [6.45, 7) is 1.65. The molecule has 1 aliphatic heterocycles. The van der Waals surface area contributed by atoms with Crippen LogP contribution in [0.2, 0.25) is 0 Å². The molecule has 1 aliphatic rings. The Morgan fingerprint density at radius 2 is 2.08 bits per heavy atom. The molecule has 2 N–H and O–H groups in total. The van der Waals surface area contributed by atoms with E-state index in [1.54, 1.807) is 13.0 Å². The zero-order valence-corrected chi connectivity index (χ0v) is 14.0. The van der Waals surface area contributed by atoms with Gasteiger partial charge in [0.2, 0.25) is 0 Å². The number of nitro benzene ring substituents is 1. The summed E-state index contributed by atoms with van der Waals surface area (Å²) in [7, 11) is 1.44. The molecule has 26 heavy (non-hydrogen) atoms. The van der Waals surface area contributed by atoms with Crippen LogP contribution in [0.3, 0.4) is 0 Å². The van der Waals surface area contributed by atoms with Gasteiger partial charge in [0.05, 0.1) is 21.7 Å². The lowest BCUT2D eigenvalue weighted by molar-refractivity contribution is -0.385. The predicted octanol–water partition coefficient (Wildman–Crippen LogP) is 3.58. The minimum absolute atomic E-state index is 0.0206. The molecule has 1 aromatic heterocycles. The van der Waals surface area contributed by atoms with Gasteiger partial charge in [-0.1, -0.05) is 23.4 Å². The van der Waals surface area contributed by atoms with Gasteiger partial charge in [-0.15, -0.1) is 0 Å². The number of nitrogens with one attached hydrogen (secondary N) is 1. The Kier molecular flexibility index (Phi) is 3.47. The van der Waals surface area contributed by atoms with Crippen LogP contribution in [0.1, 0.15) is 16.7 Å². The summed E-state index contributed by atoms with van der Waals surface area (Å²) in [4.78, 5) is 23.1. The maximum absolute atomic E-state index is 11.2. The molecule has 0 fully saturated rings. The van der Waals surface area contributed by atoms with Gasteiger partial charge in [-0.05, 0) is 19.1 Å². The van der Waals surface area contributed by atoms with Crippen molar-refractivity contribution >= 4 is 33.7 Å². The quantitative estimate of drug-likeness (QED) is 0.555. The zero-order valence-electron chi connectivity index (χ0n) is 14.0. The Hall–Kier alpha value is -3.68. The maximum atomic E-state index is 11.2. The molecule has 3 aromatic rings. The number of oxime groups is 1. The highest BCUT2D eigenvalue weighted by molar-refractivity contribution is 6.58. The molecule has 0 aliphatic carbocycles. The Balaban J connectivity index is 1.98. The Morgan fingerprint density at radius 3 is 2.81 bits per heavy atom. The first-order chi connectivity index (χ1) is 12.5. The summed E-state index contributed by atoms with van der Waals surface area (Å²) in [6.07, 6.45) is 0. The average Bonchev–Trinajstić information content (AvgIpc) is 3.11. The first-order valence-electron chi connectivity index (χ1n) is 7.81. The van der Waals surface area contributed by atoms with Gasteiger partial charge < -0.3 is 14.9 Å². The first kappa shape index (κ1) is 15.8. The van der Waals surface area contributed by atoms with Crippen molar-refractivity contribution in [2.75, 3.05) is 7.11 Å². The van der Waals surface area contributed by atoms with E-state index in [9.17, 15) is 15.2 Å². The number of nitro groups is 1. The van der Waals surface area contributed by atoms with Crippen molar-refractivity contribution in [3.63, 3.8) is 0 Å². The Labute approximate surface area is 147 Å². The molecule has 2 heterocycles. The van der Waals surface area contributed by atoms with E-state index in [0.29, 0.717) is 39.1 Å². The molecule has 0 saturated carbocycles. The standard InChI is InChI=1S/C18H14N4O4/c1-9-7-11-13(8-14(9)22(24)25)20-18(23)15(11)17-16(21-26-2)10-5-3-4-6-12(10)19-17/h3-8,20,23H,1-2H3/b21-16+. The van der Waals surface area contributed by atoms with E-state index in [1.165, 1.54) is 13.2 Å². The summed E-state index contributed by atoms with van der Waals surface area (Å²) in [5, 5.41) is 26.3. The molecule has 0 amide bonds. The van der Waals surface area contributed by atoms with Gasteiger partial charge in [0.15, 0.2) is 5.88 Å². The highest BCUT2D eigenvalue weighted by atomic mass is 16.6. The molecule has 2 aromatic carbocycles. The van der Waals surface area contributed by atoms with E-state index in [0.717, 1.165) is 5.56 Å². The molecule has 0 spiro atoms. The van der Waals surface area contributed by atoms with Crippen LogP contribution < -0.4 is 0 Å². The van der Waals surface area contributed by atoms with Crippen molar-refractivity contribution in [3.8, 4) is 5.88 Å². The fourth-order valence-corrected chi connectivity index (χ4v) is 3.19. The van der Waals surface area contributed by atoms with Crippen molar-refractivity contribution in [1.82, 2.24) is 4.98 Å². The Morgan fingerprint density at radius 1 is 1.31 bits per heavy atom. The molecule has 0 bridgehead atoms. The number of nitrogens with zero attached hydrogens (tertiary/aromatic N) is 3. The van der Waals surface area contributed by atoms with Gasteiger partial charge in [-0.3, -0.25) is 10.1 Å². The minimum atomic E-state index is -0.451. The van der Waals surface area contributed by atoms with E-state index in [-0.39, 0.29) is 11.6 Å². The average molecular weight is 350 g/mol. The van der Waals surface area contributed by atoms with Crippen LogP contribution in [0, 0.1) is 17.0 Å². The van der Waals surface area contributed by atoms with Crippen LogP contribution in [0.15, 0.2) is 46.5 Å². The van der Waals surface area contributed by atoms with Crippen LogP contribution >= 0.6 is 0 Å². The number of aromatic amines is 1. The summed E-state index contributed by atoms with van der Waals surface area (Å²) in [6, 6.07) is 10.5. The largest absolute Gasteiger partial charge is 0.494 e. The van der Waals surface area contributed by atoms with E-state index >= 15 is 0 Å². The monoisotopic (exact) mass is 350 g/mol. The highest BCUT2D eigenvalue weighted by Gasteiger charge is 2.30. The molecular weight excluding hydrogens is 336 g/mol. The lowest BCUT2D eigenvalue weighted by Gasteiger charge is -2.04. The normalized spacial score (nSPS) is 14.5. The van der Waals surface area contributed by atoms with Crippen molar-refractivity contribution in [2.24, 2.45) is 10.1 Å². The van der Waals surface area contributed by atoms with Crippen molar-refractivity contribution in [3.05, 3.63) is 63.2 Å². The van der Waals surface area contributed by atoms with Gasteiger partial charge in [0, 0.05) is 22.6 Å². The van der Waals surface area contributed by atoms with Crippen LogP contribution in [0.25, 0.3) is 10.9 Å². The second-order valence-electron chi connectivity index (χ2n) is 5.89. The molecule has 0 saturated heterocycles. The molecule has 8 heteroatoms. The fraction of sp³-hybridized carbons (Fsp3) is 0.111. The smallest absolute Gasteiger partial charge is 0.274 e. The van der Waals surface area contributed by atoms with Crippen molar-refractivity contribution in [2.45, 2.75) is 6.92 Å². The van der Waals surface area contributed by atoms with Gasteiger partial charge in [-0.25, -0.2) is 4.99 Å².